The molecule has 2 nitrogen and oxygen atoms in total. The zero-order chi connectivity index (χ0) is 16.2. The molecule has 1 saturated heterocycles. The Labute approximate surface area is 136 Å². The summed E-state index contributed by atoms with van der Waals surface area (Å²) in [5.74, 6) is 0.243. The van der Waals surface area contributed by atoms with Crippen LogP contribution in [0, 0.1) is 20.8 Å². The van der Waals surface area contributed by atoms with Crippen molar-refractivity contribution in [2.75, 3.05) is 30.0 Å². The van der Waals surface area contributed by atoms with Crippen molar-refractivity contribution in [3.8, 4) is 0 Å². The molecule has 0 bridgehead atoms. The number of aryl methyl sites for hydroxylation is 3. The van der Waals surface area contributed by atoms with Gasteiger partial charge in [-0.2, -0.15) is 0 Å². The summed E-state index contributed by atoms with van der Waals surface area (Å²) < 4.78 is 0. The van der Waals surface area contributed by atoms with Crippen molar-refractivity contribution < 1.29 is 4.79 Å². The highest BCUT2D eigenvalue weighted by atomic mass is 31.2. The van der Waals surface area contributed by atoms with Crippen LogP contribution in [0.2, 0.25) is 0 Å². The van der Waals surface area contributed by atoms with Crippen molar-refractivity contribution >= 4 is 18.9 Å². The van der Waals surface area contributed by atoms with Gasteiger partial charge in [-0.25, -0.2) is 0 Å². The number of rotatable bonds is 4. The average molecular weight is 320 g/mol. The van der Waals surface area contributed by atoms with Gasteiger partial charge < -0.3 is 5.32 Å². The fourth-order valence-electron chi connectivity index (χ4n) is 3.81. The van der Waals surface area contributed by atoms with Crippen LogP contribution in [-0.2, 0) is 4.79 Å². The maximum absolute atomic E-state index is 12.7. The zero-order valence-corrected chi connectivity index (χ0v) is 15.6. The topological polar surface area (TPSA) is 29.1 Å². The van der Waals surface area contributed by atoms with Gasteiger partial charge in [0.1, 0.15) is 6.16 Å². The van der Waals surface area contributed by atoms with E-state index in [1.54, 1.807) is 0 Å². The lowest BCUT2D eigenvalue weighted by atomic mass is 10.1. The van der Waals surface area contributed by atoms with Crippen LogP contribution in [0.5, 0.6) is 0 Å². The van der Waals surface area contributed by atoms with Gasteiger partial charge in [-0.05, 0) is 64.5 Å². The average Bonchev–Trinajstić information content (AvgIpc) is 2.69. The van der Waals surface area contributed by atoms with E-state index in [9.17, 15) is 4.79 Å². The summed E-state index contributed by atoms with van der Waals surface area (Å²) in [7, 11) is -1.06. The molecule has 0 radical (unpaired) electrons. The molecule has 2 rings (SSSR count). The van der Waals surface area contributed by atoms with Gasteiger partial charge in [-0.1, -0.05) is 17.7 Å². The Morgan fingerprint density at radius 2 is 1.59 bits per heavy atom. The van der Waals surface area contributed by atoms with Crippen molar-refractivity contribution in [1.82, 2.24) is 0 Å². The number of nitrogens with one attached hydrogen (secondary N) is 1. The maximum atomic E-state index is 12.7. The van der Waals surface area contributed by atoms with Gasteiger partial charge in [0, 0.05) is 12.9 Å². The van der Waals surface area contributed by atoms with Gasteiger partial charge in [0.05, 0.1) is 18.5 Å². The summed E-state index contributed by atoms with van der Waals surface area (Å²) in [6.45, 7) is 8.58. The van der Waals surface area contributed by atoms with Crippen LogP contribution in [0.4, 0.5) is 5.69 Å². The summed E-state index contributed by atoms with van der Waals surface area (Å²) in [6.07, 6.45) is 10.0. The molecule has 0 saturated carbocycles. The molecule has 0 unspecified atom stereocenters. The fourth-order valence-corrected chi connectivity index (χ4v) is 7.68. The van der Waals surface area contributed by atoms with E-state index < -0.39 is 7.26 Å². The molecule has 3 heteroatoms. The first kappa shape index (κ1) is 17.5. The van der Waals surface area contributed by atoms with E-state index in [0.29, 0.717) is 0 Å². The normalized spacial score (nSPS) is 17.8. The third-order valence-electron chi connectivity index (χ3n) is 5.11. The molecule has 0 atom stereocenters. The lowest BCUT2D eigenvalue weighted by Gasteiger charge is -2.24. The Morgan fingerprint density at radius 1 is 1.05 bits per heavy atom. The van der Waals surface area contributed by atoms with E-state index in [1.807, 2.05) is 0 Å². The lowest BCUT2D eigenvalue weighted by molar-refractivity contribution is -0.113. The molecule has 1 aliphatic heterocycles. The van der Waals surface area contributed by atoms with Crippen LogP contribution in [0.15, 0.2) is 12.1 Å². The third-order valence-corrected chi connectivity index (χ3v) is 9.94. The summed E-state index contributed by atoms with van der Waals surface area (Å²) in [5.41, 5.74) is 4.64. The number of anilines is 1. The second-order valence-electron chi connectivity index (χ2n) is 7.00. The number of carbonyl (C=O) groups is 1. The lowest BCUT2D eigenvalue weighted by Crippen LogP contribution is -2.23. The third kappa shape index (κ3) is 4.32. The minimum Gasteiger partial charge on any atom is -0.322 e. The highest BCUT2D eigenvalue weighted by molar-refractivity contribution is 7.76. The monoisotopic (exact) mass is 320 g/mol. The molecular formula is C19H31NOP+. The molecule has 1 fully saturated rings. The van der Waals surface area contributed by atoms with Crippen molar-refractivity contribution in [3.63, 3.8) is 0 Å². The first-order valence-corrected chi connectivity index (χ1v) is 11.2. The van der Waals surface area contributed by atoms with E-state index in [0.717, 1.165) is 11.8 Å². The highest BCUT2D eigenvalue weighted by Gasteiger charge is 2.38. The molecule has 1 aliphatic rings. The number of hydrogen-bond donors (Lipinski definition) is 1. The Morgan fingerprint density at radius 3 is 2.09 bits per heavy atom. The predicted octanol–water partition coefficient (Wildman–Crippen LogP) is 5.16. The van der Waals surface area contributed by atoms with Crippen molar-refractivity contribution in [2.45, 2.75) is 53.4 Å². The van der Waals surface area contributed by atoms with Crippen molar-refractivity contribution in [2.24, 2.45) is 0 Å². The van der Waals surface area contributed by atoms with Crippen molar-refractivity contribution in [3.05, 3.63) is 28.8 Å². The Bertz CT molecular complexity index is 507. The van der Waals surface area contributed by atoms with Gasteiger partial charge in [0.25, 0.3) is 5.91 Å². The van der Waals surface area contributed by atoms with E-state index in [-0.39, 0.29) is 5.91 Å². The Hall–Kier alpha value is -0.880. The zero-order valence-electron chi connectivity index (χ0n) is 14.7. The largest absolute Gasteiger partial charge is 0.322 e. The van der Waals surface area contributed by atoms with Crippen LogP contribution in [-0.4, -0.2) is 30.6 Å². The molecule has 22 heavy (non-hydrogen) atoms. The number of benzene rings is 1. The summed E-state index contributed by atoms with van der Waals surface area (Å²) in [5, 5.41) is 3.22. The van der Waals surface area contributed by atoms with Gasteiger partial charge in [-0.15, -0.1) is 0 Å². The Kier molecular flexibility index (Phi) is 6.03. The number of hydrogen-bond acceptors (Lipinski definition) is 1. The molecule has 122 valence electrons. The molecule has 0 spiro atoms. The maximum Gasteiger partial charge on any atom is 0.261 e. The standard InChI is InChI=1S/C19H30NOP/c1-5-22(10-8-6-7-9-11-22)14-18(21)20-19-16(3)12-15(2)13-17(19)4/h12-13H,5-11,14H2,1-4H3/p+1. The van der Waals surface area contributed by atoms with Crippen LogP contribution in [0.1, 0.15) is 49.3 Å². The molecule has 1 amide bonds. The van der Waals surface area contributed by atoms with Crippen LogP contribution >= 0.6 is 7.26 Å². The van der Waals surface area contributed by atoms with E-state index >= 15 is 0 Å². The predicted molar refractivity (Wildman–Crippen MR) is 99.8 cm³/mol. The second kappa shape index (κ2) is 7.59. The van der Waals surface area contributed by atoms with Gasteiger partial charge >= 0.3 is 0 Å². The van der Waals surface area contributed by atoms with Gasteiger partial charge in [0.2, 0.25) is 0 Å². The van der Waals surface area contributed by atoms with E-state index in [4.69, 9.17) is 0 Å². The van der Waals surface area contributed by atoms with Crippen molar-refractivity contribution in [1.29, 1.82) is 0 Å². The summed E-state index contributed by atoms with van der Waals surface area (Å²) in [6, 6.07) is 4.30. The summed E-state index contributed by atoms with van der Waals surface area (Å²) >= 11 is 0. The Balaban J connectivity index is 2.09. The van der Waals surface area contributed by atoms with Crippen LogP contribution < -0.4 is 5.32 Å². The molecule has 0 aliphatic carbocycles. The highest BCUT2D eigenvalue weighted by Crippen LogP contribution is 2.60. The van der Waals surface area contributed by atoms with E-state index in [1.165, 1.54) is 60.9 Å². The number of amides is 1. The first-order chi connectivity index (χ1) is 10.5. The van der Waals surface area contributed by atoms with Gasteiger partial charge in [-0.3, -0.25) is 4.79 Å². The minimum atomic E-state index is -1.06. The quantitative estimate of drug-likeness (QED) is 0.763. The molecule has 1 aromatic carbocycles. The molecule has 1 N–H and O–H groups in total. The SMILES string of the molecule is CC[P+]1(CC(=O)Nc2c(C)cc(C)cc2C)CCCCCC1. The van der Waals surface area contributed by atoms with Crippen LogP contribution in [0.25, 0.3) is 0 Å². The molecule has 1 aromatic rings. The molecule has 0 aromatic heterocycles. The smallest absolute Gasteiger partial charge is 0.261 e. The molecular weight excluding hydrogens is 289 g/mol. The number of carbonyl (C=O) groups excluding carboxylic acids is 1. The first-order valence-electron chi connectivity index (χ1n) is 8.68. The second-order valence-corrected chi connectivity index (χ2v) is 11.5. The van der Waals surface area contributed by atoms with Crippen LogP contribution in [0.3, 0.4) is 0 Å². The van der Waals surface area contributed by atoms with Gasteiger partial charge in [0.15, 0.2) is 0 Å². The van der Waals surface area contributed by atoms with E-state index in [2.05, 4.69) is 45.1 Å². The molecule has 1 heterocycles. The fraction of sp³-hybridized carbons (Fsp3) is 0.632. The minimum absolute atomic E-state index is 0.243. The summed E-state index contributed by atoms with van der Waals surface area (Å²) in [4.78, 5) is 12.7.